The third kappa shape index (κ3) is 2.42. The molecule has 0 atom stereocenters. The van der Waals surface area contributed by atoms with Crippen LogP contribution in [0.2, 0.25) is 0 Å². The predicted octanol–water partition coefficient (Wildman–Crippen LogP) is 3.36. The van der Waals surface area contributed by atoms with Crippen LogP contribution in [-0.2, 0) is 0 Å². The van der Waals surface area contributed by atoms with Crippen molar-refractivity contribution in [1.29, 1.82) is 0 Å². The van der Waals surface area contributed by atoms with E-state index in [1.54, 1.807) is 38.4 Å². The smallest absolute Gasteiger partial charge is 0.164 e. The van der Waals surface area contributed by atoms with E-state index in [2.05, 4.69) is 15.0 Å². The van der Waals surface area contributed by atoms with Crippen molar-refractivity contribution in [3.8, 4) is 22.9 Å². The van der Waals surface area contributed by atoms with E-state index >= 15 is 0 Å². The SMILES string of the molecule is COc1cc(SC)ccc1-c1nc2c(OC)cncc2[nH]1. The first-order chi connectivity index (χ1) is 10.3. The van der Waals surface area contributed by atoms with Gasteiger partial charge in [-0.1, -0.05) is 0 Å². The van der Waals surface area contributed by atoms with E-state index in [9.17, 15) is 0 Å². The number of hydrogen-bond donors (Lipinski definition) is 1. The molecule has 108 valence electrons. The molecule has 5 nitrogen and oxygen atoms in total. The number of hydrogen-bond acceptors (Lipinski definition) is 5. The maximum atomic E-state index is 5.47. The Morgan fingerprint density at radius 3 is 2.62 bits per heavy atom. The Kier molecular flexibility index (Phi) is 3.70. The third-order valence-electron chi connectivity index (χ3n) is 3.24. The maximum absolute atomic E-state index is 5.47. The van der Waals surface area contributed by atoms with Crippen molar-refractivity contribution < 1.29 is 9.47 Å². The molecule has 2 aromatic heterocycles. The number of pyridine rings is 1. The number of nitrogens with zero attached hydrogens (tertiary/aromatic N) is 2. The van der Waals surface area contributed by atoms with Gasteiger partial charge in [0.25, 0.3) is 0 Å². The Hall–Kier alpha value is -2.21. The zero-order chi connectivity index (χ0) is 14.8. The highest BCUT2D eigenvalue weighted by Crippen LogP contribution is 2.34. The summed E-state index contributed by atoms with van der Waals surface area (Å²) in [7, 11) is 3.27. The van der Waals surface area contributed by atoms with E-state index in [1.165, 1.54) is 0 Å². The minimum absolute atomic E-state index is 0.648. The van der Waals surface area contributed by atoms with Crippen LogP contribution in [0, 0.1) is 0 Å². The van der Waals surface area contributed by atoms with Crippen molar-refractivity contribution in [3.63, 3.8) is 0 Å². The van der Waals surface area contributed by atoms with Gasteiger partial charge in [0.1, 0.15) is 17.1 Å². The van der Waals surface area contributed by atoms with Gasteiger partial charge in [0, 0.05) is 4.90 Å². The fourth-order valence-corrected chi connectivity index (χ4v) is 2.61. The lowest BCUT2D eigenvalue weighted by molar-refractivity contribution is 0.415. The molecule has 0 spiro atoms. The number of benzene rings is 1. The molecule has 0 amide bonds. The second-order valence-electron chi connectivity index (χ2n) is 4.39. The van der Waals surface area contributed by atoms with E-state index < -0.39 is 0 Å². The van der Waals surface area contributed by atoms with Crippen LogP contribution in [0.1, 0.15) is 0 Å². The normalized spacial score (nSPS) is 10.8. The van der Waals surface area contributed by atoms with E-state index in [4.69, 9.17) is 9.47 Å². The molecule has 6 heteroatoms. The minimum Gasteiger partial charge on any atom is -0.496 e. The first-order valence-electron chi connectivity index (χ1n) is 6.37. The van der Waals surface area contributed by atoms with E-state index in [1.807, 2.05) is 24.5 Å². The molecule has 0 bridgehead atoms. The highest BCUT2D eigenvalue weighted by Gasteiger charge is 2.13. The molecule has 21 heavy (non-hydrogen) atoms. The molecule has 0 radical (unpaired) electrons. The van der Waals surface area contributed by atoms with Gasteiger partial charge in [0.05, 0.1) is 37.7 Å². The van der Waals surface area contributed by atoms with Gasteiger partial charge in [-0.2, -0.15) is 0 Å². The van der Waals surface area contributed by atoms with Gasteiger partial charge >= 0.3 is 0 Å². The molecule has 0 saturated heterocycles. The van der Waals surface area contributed by atoms with Crippen molar-refractivity contribution in [2.45, 2.75) is 4.90 Å². The van der Waals surface area contributed by atoms with Crippen molar-refractivity contribution in [2.24, 2.45) is 0 Å². The summed E-state index contributed by atoms with van der Waals surface area (Å²) in [5, 5.41) is 0. The number of methoxy groups -OCH3 is 2. The molecule has 3 rings (SSSR count). The minimum atomic E-state index is 0.648. The number of fused-ring (bicyclic) bond motifs is 1. The van der Waals surface area contributed by atoms with Gasteiger partial charge in [0.2, 0.25) is 0 Å². The first-order valence-corrected chi connectivity index (χ1v) is 7.59. The van der Waals surface area contributed by atoms with E-state index in [0.29, 0.717) is 5.75 Å². The van der Waals surface area contributed by atoms with Gasteiger partial charge in [0.15, 0.2) is 5.75 Å². The first kappa shape index (κ1) is 13.8. The summed E-state index contributed by atoms with van der Waals surface area (Å²) >= 11 is 1.67. The van der Waals surface area contributed by atoms with Crippen LogP contribution in [0.5, 0.6) is 11.5 Å². The van der Waals surface area contributed by atoms with Crippen LogP contribution >= 0.6 is 11.8 Å². The van der Waals surface area contributed by atoms with Crippen LogP contribution in [0.3, 0.4) is 0 Å². The molecule has 0 saturated carbocycles. The van der Waals surface area contributed by atoms with Crippen LogP contribution in [-0.4, -0.2) is 35.4 Å². The zero-order valence-electron chi connectivity index (χ0n) is 12.0. The van der Waals surface area contributed by atoms with E-state index in [-0.39, 0.29) is 0 Å². The van der Waals surface area contributed by atoms with E-state index in [0.717, 1.165) is 33.1 Å². The molecule has 2 heterocycles. The summed E-state index contributed by atoms with van der Waals surface area (Å²) in [5.41, 5.74) is 2.51. The fourth-order valence-electron chi connectivity index (χ4n) is 2.18. The zero-order valence-corrected chi connectivity index (χ0v) is 12.8. The number of nitrogens with one attached hydrogen (secondary N) is 1. The molecule has 1 aromatic carbocycles. The molecular formula is C15H15N3O2S. The van der Waals surface area contributed by atoms with Crippen molar-refractivity contribution in [2.75, 3.05) is 20.5 Å². The van der Waals surface area contributed by atoms with Crippen molar-refractivity contribution in [1.82, 2.24) is 15.0 Å². The number of aromatic nitrogens is 3. The third-order valence-corrected chi connectivity index (χ3v) is 3.97. The van der Waals surface area contributed by atoms with Crippen LogP contribution in [0.15, 0.2) is 35.5 Å². The van der Waals surface area contributed by atoms with Gasteiger partial charge in [-0.15, -0.1) is 11.8 Å². The summed E-state index contributed by atoms with van der Waals surface area (Å²) in [5.74, 6) is 2.17. The topological polar surface area (TPSA) is 60.0 Å². The largest absolute Gasteiger partial charge is 0.496 e. The average Bonchev–Trinajstić information content (AvgIpc) is 2.97. The number of imidazole rings is 1. The number of H-pyrrole nitrogens is 1. The Morgan fingerprint density at radius 1 is 1.10 bits per heavy atom. The quantitative estimate of drug-likeness (QED) is 0.749. The monoisotopic (exact) mass is 301 g/mol. The van der Waals surface area contributed by atoms with Gasteiger partial charge < -0.3 is 14.5 Å². The molecular weight excluding hydrogens is 286 g/mol. The summed E-state index contributed by atoms with van der Waals surface area (Å²) in [4.78, 5) is 13.1. The molecule has 1 N–H and O–H groups in total. The lowest BCUT2D eigenvalue weighted by Crippen LogP contribution is -1.90. The highest BCUT2D eigenvalue weighted by molar-refractivity contribution is 7.98. The summed E-state index contributed by atoms with van der Waals surface area (Å²) in [6, 6.07) is 6.05. The lowest BCUT2D eigenvalue weighted by Gasteiger charge is -2.07. The summed E-state index contributed by atoms with van der Waals surface area (Å²) in [6.45, 7) is 0. The Bertz CT molecular complexity index is 786. The second kappa shape index (κ2) is 5.65. The predicted molar refractivity (Wildman–Crippen MR) is 84.2 cm³/mol. The summed E-state index contributed by atoms with van der Waals surface area (Å²) < 4.78 is 10.8. The maximum Gasteiger partial charge on any atom is 0.164 e. The number of rotatable bonds is 4. The molecule has 3 aromatic rings. The van der Waals surface area contributed by atoms with Gasteiger partial charge in [-0.25, -0.2) is 4.98 Å². The lowest BCUT2D eigenvalue weighted by atomic mass is 10.2. The van der Waals surface area contributed by atoms with Crippen LogP contribution < -0.4 is 9.47 Å². The van der Waals surface area contributed by atoms with Gasteiger partial charge in [-0.3, -0.25) is 4.98 Å². The Labute approximate surface area is 126 Å². The molecule has 0 aliphatic rings. The Morgan fingerprint density at radius 2 is 1.90 bits per heavy atom. The van der Waals surface area contributed by atoms with Crippen LogP contribution in [0.4, 0.5) is 0 Å². The van der Waals surface area contributed by atoms with Crippen molar-refractivity contribution in [3.05, 3.63) is 30.6 Å². The van der Waals surface area contributed by atoms with Crippen molar-refractivity contribution >= 4 is 22.8 Å². The highest BCUT2D eigenvalue weighted by atomic mass is 32.2. The second-order valence-corrected chi connectivity index (χ2v) is 5.27. The molecule has 0 aliphatic heterocycles. The molecule has 0 aliphatic carbocycles. The number of aromatic amines is 1. The number of thioether (sulfide) groups is 1. The standard InChI is InChI=1S/C15H15N3O2S/c1-19-12-6-9(21-3)4-5-10(12)15-17-11-7-16-8-13(20-2)14(11)18-15/h4-8H,1-3H3,(H,17,18). The number of ether oxygens (including phenoxy) is 2. The molecule has 0 fully saturated rings. The Balaban J connectivity index is 2.16. The van der Waals surface area contributed by atoms with Crippen LogP contribution in [0.25, 0.3) is 22.4 Å². The van der Waals surface area contributed by atoms with Gasteiger partial charge in [-0.05, 0) is 24.5 Å². The average molecular weight is 301 g/mol. The summed E-state index contributed by atoms with van der Waals surface area (Å²) in [6.07, 6.45) is 5.42. The fraction of sp³-hybridized carbons (Fsp3) is 0.200. The molecule has 0 unspecified atom stereocenters.